The molecule has 0 aliphatic carbocycles. The number of hydrogen-bond acceptors (Lipinski definition) is 8. The highest BCUT2D eigenvalue weighted by Gasteiger charge is 2.15. The maximum absolute atomic E-state index is 13.1. The number of thioether (sulfide) groups is 1. The molecular weight excluding hydrogens is 427 g/mol. The predicted octanol–water partition coefficient (Wildman–Crippen LogP) is 3.42. The van der Waals surface area contributed by atoms with E-state index in [2.05, 4.69) is 32.3 Å². The van der Waals surface area contributed by atoms with Crippen LogP contribution in [0.2, 0.25) is 5.02 Å². The Balaban J connectivity index is 1.63. The number of allylic oxidation sites excluding steroid dienone is 1. The normalized spacial score (nSPS) is 10.6. The quantitative estimate of drug-likeness (QED) is 0.402. The lowest BCUT2D eigenvalue weighted by Gasteiger charge is -2.10. The largest absolute Gasteiger partial charge is 0.484 e. The van der Waals surface area contributed by atoms with Crippen molar-refractivity contribution in [1.29, 1.82) is 0 Å². The lowest BCUT2D eigenvalue weighted by Crippen LogP contribution is -2.15. The van der Waals surface area contributed by atoms with Crippen LogP contribution in [-0.2, 0) is 17.9 Å². The summed E-state index contributed by atoms with van der Waals surface area (Å²) in [6.45, 7) is 4.23. The van der Waals surface area contributed by atoms with E-state index in [9.17, 15) is 9.18 Å². The molecule has 0 aliphatic rings. The Morgan fingerprint density at radius 1 is 1.43 bits per heavy atom. The zero-order chi connectivity index (χ0) is 19.9. The molecule has 3 rings (SSSR count). The molecule has 1 N–H and O–H groups in total. The van der Waals surface area contributed by atoms with Gasteiger partial charge in [-0.1, -0.05) is 40.8 Å². The SMILES string of the molecule is C=CCn1c(COc2ccc(F)cc2Cl)nnc1SCC(=O)Nc1nncs1. The van der Waals surface area contributed by atoms with Crippen LogP contribution < -0.4 is 10.1 Å². The number of benzene rings is 1. The molecule has 1 amide bonds. The van der Waals surface area contributed by atoms with Crippen molar-refractivity contribution in [2.45, 2.75) is 18.3 Å². The van der Waals surface area contributed by atoms with Crippen LogP contribution >= 0.6 is 34.7 Å². The third-order valence-corrected chi connectivity index (χ3v) is 5.16. The van der Waals surface area contributed by atoms with Crippen LogP contribution in [0.25, 0.3) is 0 Å². The van der Waals surface area contributed by atoms with Gasteiger partial charge in [0.2, 0.25) is 11.0 Å². The van der Waals surface area contributed by atoms with E-state index in [1.54, 1.807) is 10.6 Å². The summed E-state index contributed by atoms with van der Waals surface area (Å²) in [6, 6.07) is 3.87. The van der Waals surface area contributed by atoms with Gasteiger partial charge in [0.15, 0.2) is 11.0 Å². The fourth-order valence-corrected chi connectivity index (χ4v) is 3.54. The van der Waals surface area contributed by atoms with E-state index >= 15 is 0 Å². The molecule has 146 valence electrons. The van der Waals surface area contributed by atoms with Gasteiger partial charge in [-0.05, 0) is 18.2 Å². The highest BCUT2D eigenvalue weighted by Crippen LogP contribution is 2.26. The minimum atomic E-state index is -0.447. The van der Waals surface area contributed by atoms with Gasteiger partial charge in [0, 0.05) is 6.54 Å². The zero-order valence-electron chi connectivity index (χ0n) is 14.3. The summed E-state index contributed by atoms with van der Waals surface area (Å²) in [5.41, 5.74) is 1.53. The number of amides is 1. The summed E-state index contributed by atoms with van der Waals surface area (Å²) in [7, 11) is 0. The van der Waals surface area contributed by atoms with Crippen LogP contribution in [0, 0.1) is 5.82 Å². The number of anilines is 1. The first-order valence-electron chi connectivity index (χ1n) is 7.86. The topological polar surface area (TPSA) is 94.8 Å². The molecule has 8 nitrogen and oxygen atoms in total. The van der Waals surface area contributed by atoms with Crippen LogP contribution in [0.3, 0.4) is 0 Å². The summed E-state index contributed by atoms with van der Waals surface area (Å²) in [4.78, 5) is 12.0. The standard InChI is InChI=1S/C16H14ClFN6O2S2/c1-2-5-24-13(7-26-12-4-3-10(18)6-11(12)17)21-23-16(24)27-8-14(25)20-15-22-19-9-28-15/h2-4,6,9H,1,5,7-8H2,(H,20,22,25). The van der Waals surface area contributed by atoms with E-state index in [-0.39, 0.29) is 23.3 Å². The van der Waals surface area contributed by atoms with Crippen molar-refractivity contribution >= 4 is 45.7 Å². The Morgan fingerprint density at radius 2 is 2.29 bits per heavy atom. The van der Waals surface area contributed by atoms with Gasteiger partial charge in [-0.25, -0.2) is 4.39 Å². The number of hydrogen-bond donors (Lipinski definition) is 1. The minimum absolute atomic E-state index is 0.0731. The van der Waals surface area contributed by atoms with E-state index < -0.39 is 5.82 Å². The van der Waals surface area contributed by atoms with Crippen LogP contribution in [0.1, 0.15) is 5.82 Å². The van der Waals surface area contributed by atoms with Gasteiger partial charge in [0.25, 0.3) is 0 Å². The maximum atomic E-state index is 13.1. The average molecular weight is 441 g/mol. The fraction of sp³-hybridized carbons (Fsp3) is 0.188. The molecule has 0 aliphatic heterocycles. The second kappa shape index (κ2) is 9.62. The smallest absolute Gasteiger partial charge is 0.236 e. The van der Waals surface area contributed by atoms with Crippen molar-refractivity contribution < 1.29 is 13.9 Å². The Hall–Kier alpha value is -2.50. The first-order chi connectivity index (χ1) is 13.6. The summed E-state index contributed by atoms with van der Waals surface area (Å²) >= 11 is 8.42. The molecule has 2 aromatic heterocycles. The van der Waals surface area contributed by atoms with Gasteiger partial charge in [-0.3, -0.25) is 14.7 Å². The highest BCUT2D eigenvalue weighted by molar-refractivity contribution is 7.99. The third-order valence-electron chi connectivity index (χ3n) is 3.29. The van der Waals surface area contributed by atoms with E-state index in [4.69, 9.17) is 16.3 Å². The van der Waals surface area contributed by atoms with Gasteiger partial charge in [0.05, 0.1) is 10.8 Å². The Bertz CT molecular complexity index is 966. The lowest BCUT2D eigenvalue weighted by atomic mass is 10.3. The first kappa shape index (κ1) is 20.2. The molecule has 0 spiro atoms. The van der Waals surface area contributed by atoms with Gasteiger partial charge in [-0.2, -0.15) is 0 Å². The van der Waals surface area contributed by atoms with Crippen molar-refractivity contribution in [2.75, 3.05) is 11.1 Å². The zero-order valence-corrected chi connectivity index (χ0v) is 16.7. The molecule has 0 fully saturated rings. The monoisotopic (exact) mass is 440 g/mol. The molecule has 3 aromatic rings. The number of nitrogens with one attached hydrogen (secondary N) is 1. The number of nitrogens with zero attached hydrogens (tertiary/aromatic N) is 5. The van der Waals surface area contributed by atoms with Gasteiger partial charge in [-0.15, -0.1) is 27.0 Å². The van der Waals surface area contributed by atoms with Crippen molar-refractivity contribution in [2.24, 2.45) is 0 Å². The molecule has 28 heavy (non-hydrogen) atoms. The van der Waals surface area contributed by atoms with Crippen LogP contribution in [0.5, 0.6) is 5.75 Å². The second-order valence-electron chi connectivity index (χ2n) is 5.24. The summed E-state index contributed by atoms with van der Waals surface area (Å²) in [5, 5.41) is 19.4. The Morgan fingerprint density at radius 3 is 3.00 bits per heavy atom. The second-order valence-corrected chi connectivity index (χ2v) is 7.43. The molecule has 0 atom stereocenters. The molecule has 0 unspecified atom stereocenters. The van der Waals surface area contributed by atoms with Gasteiger partial charge < -0.3 is 4.74 Å². The van der Waals surface area contributed by atoms with E-state index in [0.717, 1.165) is 0 Å². The molecule has 1 aromatic carbocycles. The maximum Gasteiger partial charge on any atom is 0.236 e. The molecule has 0 radical (unpaired) electrons. The molecule has 12 heteroatoms. The van der Waals surface area contributed by atoms with Crippen molar-refractivity contribution in [3.63, 3.8) is 0 Å². The summed E-state index contributed by atoms with van der Waals surface area (Å²) < 4.78 is 20.5. The number of aromatic nitrogens is 5. The van der Waals surface area contributed by atoms with Crippen molar-refractivity contribution in [3.05, 3.63) is 53.0 Å². The number of ether oxygens (including phenoxy) is 1. The van der Waals surface area contributed by atoms with Crippen molar-refractivity contribution in [1.82, 2.24) is 25.0 Å². The molecule has 0 bridgehead atoms. The van der Waals surface area contributed by atoms with Crippen molar-refractivity contribution in [3.8, 4) is 5.75 Å². The molecular formula is C16H14ClFN6O2S2. The Kier molecular flexibility index (Phi) is 6.95. The van der Waals surface area contributed by atoms with E-state index in [1.165, 1.54) is 46.8 Å². The highest BCUT2D eigenvalue weighted by atomic mass is 35.5. The van der Waals surface area contributed by atoms with Gasteiger partial charge >= 0.3 is 0 Å². The predicted molar refractivity (Wildman–Crippen MR) is 105 cm³/mol. The van der Waals surface area contributed by atoms with Gasteiger partial charge in [0.1, 0.15) is 23.7 Å². The molecule has 2 heterocycles. The van der Waals surface area contributed by atoms with E-state index in [1.807, 2.05) is 0 Å². The van der Waals surface area contributed by atoms with Crippen LogP contribution in [-0.4, -0.2) is 36.6 Å². The summed E-state index contributed by atoms with van der Waals surface area (Å²) in [6.07, 6.45) is 1.68. The van der Waals surface area contributed by atoms with E-state index in [0.29, 0.717) is 28.4 Å². The first-order valence-corrected chi connectivity index (χ1v) is 10.1. The number of carbonyl (C=O) groups is 1. The fourth-order valence-electron chi connectivity index (χ4n) is 2.09. The molecule has 0 saturated heterocycles. The van der Waals surface area contributed by atoms with Crippen LogP contribution in [0.4, 0.5) is 9.52 Å². The number of carbonyl (C=O) groups excluding carboxylic acids is 1. The average Bonchev–Trinajstić information content (AvgIpc) is 3.30. The minimum Gasteiger partial charge on any atom is -0.484 e. The third kappa shape index (κ3) is 5.27. The van der Waals surface area contributed by atoms with Crippen LogP contribution in [0.15, 0.2) is 41.5 Å². The summed E-state index contributed by atoms with van der Waals surface area (Å²) in [5.74, 6) is 0.303. The Labute approximate surface area is 172 Å². The number of halogens is 2. The molecule has 0 saturated carbocycles. The lowest BCUT2D eigenvalue weighted by molar-refractivity contribution is -0.113. The number of rotatable bonds is 9.